The molecule has 1 atom stereocenters. The number of rotatable bonds is 1. The van der Waals surface area contributed by atoms with Crippen LogP contribution in [0.25, 0.3) is 0 Å². The van der Waals surface area contributed by atoms with Crippen LogP contribution >= 0.6 is 11.6 Å². The molecule has 1 rings (SSSR count). The number of aryl methyl sites for hydroxylation is 1. The van der Waals surface area contributed by atoms with E-state index in [-0.39, 0.29) is 11.1 Å². The Morgan fingerprint density at radius 3 is 2.50 bits per heavy atom. The van der Waals surface area contributed by atoms with Gasteiger partial charge in [-0.05, 0) is 13.8 Å². The highest BCUT2D eigenvalue weighted by molar-refractivity contribution is 6.30. The second kappa shape index (κ2) is 3.25. The number of hydrogen-bond donors (Lipinski definition) is 2. The van der Waals surface area contributed by atoms with Gasteiger partial charge in [-0.2, -0.15) is 0 Å². The van der Waals surface area contributed by atoms with Crippen molar-refractivity contribution in [2.45, 2.75) is 20.0 Å². The zero-order valence-electron chi connectivity index (χ0n) is 6.87. The molecule has 0 spiro atoms. The van der Waals surface area contributed by atoms with Crippen LogP contribution in [0.3, 0.4) is 0 Å². The number of aromatic nitrogens is 2. The molecular weight excluding hydrogens is 178 g/mol. The SMILES string of the molecule is Cc1nc(N)nc(Cl)c1C(C)O. The fourth-order valence-electron chi connectivity index (χ4n) is 1.04. The number of aliphatic hydroxyl groups excluding tert-OH is 1. The van der Waals surface area contributed by atoms with E-state index in [0.717, 1.165) is 0 Å². The first-order valence-corrected chi connectivity index (χ1v) is 3.87. The highest BCUT2D eigenvalue weighted by Gasteiger charge is 2.12. The third-order valence-corrected chi connectivity index (χ3v) is 1.81. The Bertz CT molecular complexity index is 278. The zero-order chi connectivity index (χ0) is 9.30. The summed E-state index contributed by atoms with van der Waals surface area (Å²) in [4.78, 5) is 7.61. The first kappa shape index (κ1) is 9.22. The summed E-state index contributed by atoms with van der Waals surface area (Å²) in [5, 5.41) is 9.49. The molecule has 0 aromatic carbocycles. The molecule has 0 aliphatic carbocycles. The van der Waals surface area contributed by atoms with E-state index >= 15 is 0 Å². The molecule has 0 saturated heterocycles. The molecule has 1 heterocycles. The lowest BCUT2D eigenvalue weighted by molar-refractivity contribution is 0.197. The van der Waals surface area contributed by atoms with Crippen LogP contribution in [-0.2, 0) is 0 Å². The minimum atomic E-state index is -0.668. The summed E-state index contributed by atoms with van der Waals surface area (Å²) in [6.45, 7) is 3.33. The molecule has 66 valence electrons. The van der Waals surface area contributed by atoms with E-state index in [1.165, 1.54) is 0 Å². The molecule has 0 fully saturated rings. The van der Waals surface area contributed by atoms with Crippen LogP contribution < -0.4 is 5.73 Å². The van der Waals surface area contributed by atoms with Crippen LogP contribution in [0.15, 0.2) is 0 Å². The van der Waals surface area contributed by atoms with Gasteiger partial charge in [-0.15, -0.1) is 0 Å². The van der Waals surface area contributed by atoms with Crippen molar-refractivity contribution in [1.82, 2.24) is 9.97 Å². The quantitative estimate of drug-likeness (QED) is 0.646. The average molecular weight is 188 g/mol. The maximum atomic E-state index is 9.27. The van der Waals surface area contributed by atoms with Crippen molar-refractivity contribution >= 4 is 17.5 Å². The summed E-state index contributed by atoms with van der Waals surface area (Å²) in [5.41, 5.74) is 6.49. The van der Waals surface area contributed by atoms with E-state index < -0.39 is 6.10 Å². The summed E-state index contributed by atoms with van der Waals surface area (Å²) in [6.07, 6.45) is -0.668. The maximum Gasteiger partial charge on any atom is 0.221 e. The van der Waals surface area contributed by atoms with Gasteiger partial charge in [-0.25, -0.2) is 9.97 Å². The third-order valence-electron chi connectivity index (χ3n) is 1.52. The Morgan fingerprint density at radius 2 is 2.08 bits per heavy atom. The van der Waals surface area contributed by atoms with Gasteiger partial charge < -0.3 is 10.8 Å². The van der Waals surface area contributed by atoms with Crippen LogP contribution in [0.5, 0.6) is 0 Å². The first-order chi connectivity index (χ1) is 5.52. The van der Waals surface area contributed by atoms with Gasteiger partial charge in [-0.3, -0.25) is 0 Å². The van der Waals surface area contributed by atoms with Crippen molar-refractivity contribution in [3.63, 3.8) is 0 Å². The minimum absolute atomic E-state index is 0.127. The smallest absolute Gasteiger partial charge is 0.221 e. The normalized spacial score (nSPS) is 13.0. The van der Waals surface area contributed by atoms with Crippen molar-refractivity contribution in [1.29, 1.82) is 0 Å². The fraction of sp³-hybridized carbons (Fsp3) is 0.429. The molecule has 1 aromatic rings. The topological polar surface area (TPSA) is 72.0 Å². The molecule has 0 aliphatic rings. The number of nitrogen functional groups attached to an aromatic ring is 1. The lowest BCUT2D eigenvalue weighted by Crippen LogP contribution is -2.04. The summed E-state index contributed by atoms with van der Waals surface area (Å²) in [5.74, 6) is 0.127. The van der Waals surface area contributed by atoms with Crippen LogP contribution in [0.1, 0.15) is 24.3 Å². The van der Waals surface area contributed by atoms with Crippen LogP contribution in [0.2, 0.25) is 5.15 Å². The molecule has 0 amide bonds. The Balaban J connectivity index is 3.28. The Kier molecular flexibility index (Phi) is 2.49. The van der Waals surface area contributed by atoms with E-state index in [2.05, 4.69) is 9.97 Å². The van der Waals surface area contributed by atoms with Crippen LogP contribution in [0.4, 0.5) is 5.95 Å². The lowest BCUT2D eigenvalue weighted by atomic mass is 10.1. The number of nitrogens with two attached hydrogens (primary N) is 1. The van der Waals surface area contributed by atoms with E-state index in [1.807, 2.05) is 0 Å². The minimum Gasteiger partial charge on any atom is -0.389 e. The monoisotopic (exact) mass is 187 g/mol. The fourth-order valence-corrected chi connectivity index (χ4v) is 1.42. The summed E-state index contributed by atoms with van der Waals surface area (Å²) < 4.78 is 0. The molecule has 0 radical (unpaired) electrons. The molecule has 0 aliphatic heterocycles. The summed E-state index contributed by atoms with van der Waals surface area (Å²) in [6, 6.07) is 0. The van der Waals surface area contributed by atoms with Crippen molar-refractivity contribution in [2.75, 3.05) is 5.73 Å². The van der Waals surface area contributed by atoms with Crippen molar-refractivity contribution in [3.8, 4) is 0 Å². The van der Waals surface area contributed by atoms with Gasteiger partial charge in [0, 0.05) is 5.56 Å². The van der Waals surface area contributed by atoms with Crippen molar-refractivity contribution < 1.29 is 5.11 Å². The van der Waals surface area contributed by atoms with Crippen LogP contribution in [0, 0.1) is 6.92 Å². The molecule has 1 unspecified atom stereocenters. The molecule has 0 bridgehead atoms. The maximum absolute atomic E-state index is 9.27. The van der Waals surface area contributed by atoms with Gasteiger partial charge in [0.1, 0.15) is 5.15 Å². The molecular formula is C7H10ClN3O. The van der Waals surface area contributed by atoms with Gasteiger partial charge in [0.15, 0.2) is 0 Å². The standard InChI is InChI=1S/C7H10ClN3O/c1-3-5(4(2)12)6(8)11-7(9)10-3/h4,12H,1-2H3,(H2,9,10,11). The van der Waals surface area contributed by atoms with Gasteiger partial charge in [0.25, 0.3) is 0 Å². The van der Waals surface area contributed by atoms with E-state index in [0.29, 0.717) is 11.3 Å². The average Bonchev–Trinajstić information content (AvgIpc) is 1.82. The lowest BCUT2D eigenvalue weighted by Gasteiger charge is -2.09. The predicted molar refractivity (Wildman–Crippen MR) is 46.8 cm³/mol. The molecule has 5 heteroatoms. The molecule has 0 saturated carbocycles. The van der Waals surface area contributed by atoms with Gasteiger partial charge >= 0.3 is 0 Å². The molecule has 1 aromatic heterocycles. The largest absolute Gasteiger partial charge is 0.389 e. The Labute approximate surface area is 75.4 Å². The van der Waals surface area contributed by atoms with Crippen LogP contribution in [-0.4, -0.2) is 15.1 Å². The molecule has 4 nitrogen and oxygen atoms in total. The number of halogens is 1. The second-order valence-electron chi connectivity index (χ2n) is 2.55. The van der Waals surface area contributed by atoms with Crippen molar-refractivity contribution in [3.05, 3.63) is 16.4 Å². The predicted octanol–water partition coefficient (Wildman–Crippen LogP) is 1.07. The number of anilines is 1. The summed E-state index contributed by atoms with van der Waals surface area (Å²) >= 11 is 5.74. The molecule has 12 heavy (non-hydrogen) atoms. The van der Waals surface area contributed by atoms with Gasteiger partial charge in [0.05, 0.1) is 11.8 Å². The first-order valence-electron chi connectivity index (χ1n) is 3.50. The van der Waals surface area contributed by atoms with Gasteiger partial charge in [-0.1, -0.05) is 11.6 Å². The summed E-state index contributed by atoms with van der Waals surface area (Å²) in [7, 11) is 0. The number of hydrogen-bond acceptors (Lipinski definition) is 4. The number of aliphatic hydroxyl groups is 1. The highest BCUT2D eigenvalue weighted by atomic mass is 35.5. The Morgan fingerprint density at radius 1 is 1.50 bits per heavy atom. The zero-order valence-corrected chi connectivity index (χ0v) is 7.63. The number of nitrogens with zero attached hydrogens (tertiary/aromatic N) is 2. The third kappa shape index (κ3) is 1.65. The van der Waals surface area contributed by atoms with Crippen molar-refractivity contribution in [2.24, 2.45) is 0 Å². The van der Waals surface area contributed by atoms with E-state index in [1.54, 1.807) is 13.8 Å². The van der Waals surface area contributed by atoms with E-state index in [9.17, 15) is 5.11 Å². The van der Waals surface area contributed by atoms with Gasteiger partial charge in [0.2, 0.25) is 5.95 Å². The second-order valence-corrected chi connectivity index (χ2v) is 2.91. The van der Waals surface area contributed by atoms with E-state index in [4.69, 9.17) is 17.3 Å². The Hall–Kier alpha value is -0.870. The highest BCUT2D eigenvalue weighted by Crippen LogP contribution is 2.23. The molecule has 3 N–H and O–H groups in total.